The maximum Gasteiger partial charge on any atom is 0.339 e. The molecule has 2 amide bonds. The molecular weight excluding hydrogens is 304 g/mol. The topological polar surface area (TPSA) is 75.7 Å². The average Bonchev–Trinajstić information content (AvgIpc) is 2.81. The number of esters is 1. The number of benzene rings is 1. The van der Waals surface area contributed by atoms with Gasteiger partial charge in [0, 0.05) is 5.75 Å². The Balaban J connectivity index is 2.20. The Morgan fingerprint density at radius 3 is 2.73 bits per heavy atom. The molecule has 0 saturated carbocycles. The molecule has 0 unspecified atom stereocenters. The fraction of sp³-hybridized carbons (Fsp3) is 0.400. The van der Waals surface area contributed by atoms with Crippen LogP contribution < -0.4 is 5.32 Å². The normalized spacial score (nSPS) is 19.6. The van der Waals surface area contributed by atoms with Crippen LogP contribution in [-0.4, -0.2) is 47.0 Å². The minimum atomic E-state index is -0.566. The molecule has 1 aliphatic heterocycles. The minimum Gasteiger partial charge on any atom is -0.465 e. The largest absolute Gasteiger partial charge is 0.465 e. The van der Waals surface area contributed by atoms with E-state index in [0.29, 0.717) is 17.9 Å². The Hall–Kier alpha value is -2.02. The maximum absolute atomic E-state index is 12.5. The molecule has 1 atom stereocenters. The summed E-state index contributed by atoms with van der Waals surface area (Å²) in [6, 6.07) is 6.04. The zero-order valence-corrected chi connectivity index (χ0v) is 13.5. The molecule has 6 nitrogen and oxygen atoms in total. The lowest BCUT2D eigenvalue weighted by Gasteiger charge is -2.30. The number of carbonyl (C=O) groups is 3. The molecule has 1 aliphatic rings. The highest BCUT2D eigenvalue weighted by atomic mass is 32.2. The lowest BCUT2D eigenvalue weighted by Crippen LogP contribution is -2.47. The van der Waals surface area contributed by atoms with Crippen molar-refractivity contribution in [1.29, 1.82) is 0 Å². The fourth-order valence-corrected chi connectivity index (χ4v) is 3.51. The van der Waals surface area contributed by atoms with Crippen molar-refractivity contribution < 1.29 is 19.1 Å². The van der Waals surface area contributed by atoms with Crippen LogP contribution in [0.2, 0.25) is 0 Å². The summed E-state index contributed by atoms with van der Waals surface area (Å²) in [7, 11) is 1.28. The molecular formula is C15H18N2O4S. The Morgan fingerprint density at radius 1 is 1.41 bits per heavy atom. The molecule has 1 fully saturated rings. The maximum atomic E-state index is 12.5. The number of para-hydroxylation sites is 1. The Labute approximate surface area is 133 Å². The highest BCUT2D eigenvalue weighted by molar-refractivity contribution is 8.00. The van der Waals surface area contributed by atoms with Gasteiger partial charge < -0.3 is 15.0 Å². The number of rotatable bonds is 4. The van der Waals surface area contributed by atoms with Crippen LogP contribution in [0.15, 0.2) is 24.3 Å². The number of nitrogens with one attached hydrogen (secondary N) is 1. The van der Waals surface area contributed by atoms with Crippen LogP contribution in [0.1, 0.15) is 24.2 Å². The van der Waals surface area contributed by atoms with Gasteiger partial charge in [-0.2, -0.15) is 0 Å². The van der Waals surface area contributed by atoms with Crippen molar-refractivity contribution in [1.82, 2.24) is 4.90 Å². The highest BCUT2D eigenvalue weighted by Gasteiger charge is 2.43. The van der Waals surface area contributed by atoms with Gasteiger partial charge in [-0.05, 0) is 26.0 Å². The molecule has 7 heteroatoms. The van der Waals surface area contributed by atoms with Crippen molar-refractivity contribution in [3.63, 3.8) is 0 Å². The SMILES string of the molecule is COC(=O)c1ccccc1NC(=O)[C@@H]1CSC(C)(C)N1C=O. The molecule has 0 radical (unpaired) electrons. The van der Waals surface area contributed by atoms with Crippen LogP contribution in [0.4, 0.5) is 5.69 Å². The van der Waals surface area contributed by atoms with Crippen LogP contribution in [-0.2, 0) is 14.3 Å². The lowest BCUT2D eigenvalue weighted by molar-refractivity contribution is -0.130. The van der Waals surface area contributed by atoms with Crippen molar-refractivity contribution in [2.45, 2.75) is 24.8 Å². The van der Waals surface area contributed by atoms with Crippen molar-refractivity contribution in [3.8, 4) is 0 Å². The van der Waals surface area contributed by atoms with E-state index in [1.807, 2.05) is 13.8 Å². The Morgan fingerprint density at radius 2 is 2.09 bits per heavy atom. The van der Waals surface area contributed by atoms with Gasteiger partial charge in [0.1, 0.15) is 6.04 Å². The zero-order valence-electron chi connectivity index (χ0n) is 12.7. The van der Waals surface area contributed by atoms with E-state index in [-0.39, 0.29) is 11.5 Å². The van der Waals surface area contributed by atoms with Crippen molar-refractivity contribution in [3.05, 3.63) is 29.8 Å². The molecule has 1 heterocycles. The van der Waals surface area contributed by atoms with E-state index >= 15 is 0 Å². The predicted octanol–water partition coefficient (Wildman–Crippen LogP) is 1.72. The first-order chi connectivity index (χ1) is 10.4. The monoisotopic (exact) mass is 322 g/mol. The summed E-state index contributed by atoms with van der Waals surface area (Å²) < 4.78 is 4.70. The summed E-state index contributed by atoms with van der Waals surface area (Å²) in [5.74, 6) is -0.330. The molecule has 0 aliphatic carbocycles. The molecule has 2 rings (SSSR count). The standard InChI is InChI=1S/C15H18N2O4S/c1-15(2)17(9-18)12(8-22-15)13(19)16-11-7-5-4-6-10(11)14(20)21-3/h4-7,9,12H,8H2,1-3H3,(H,16,19)/t12-/m0/s1. The third-order valence-corrected chi connectivity index (χ3v) is 4.96. The Bertz CT molecular complexity index is 603. The van der Waals surface area contributed by atoms with Gasteiger partial charge in [-0.1, -0.05) is 12.1 Å². The molecule has 0 spiro atoms. The van der Waals surface area contributed by atoms with Crippen LogP contribution in [0.5, 0.6) is 0 Å². The number of nitrogens with zero attached hydrogens (tertiary/aromatic N) is 1. The summed E-state index contributed by atoms with van der Waals surface area (Å²) in [5, 5.41) is 2.72. The molecule has 1 N–H and O–H groups in total. The highest BCUT2D eigenvalue weighted by Crippen LogP contribution is 2.37. The first-order valence-corrected chi connectivity index (χ1v) is 7.75. The number of amides is 2. The van der Waals surface area contributed by atoms with Gasteiger partial charge in [-0.15, -0.1) is 11.8 Å². The summed E-state index contributed by atoms with van der Waals surface area (Å²) >= 11 is 1.54. The second-order valence-electron chi connectivity index (χ2n) is 5.31. The number of methoxy groups -OCH3 is 1. The van der Waals surface area contributed by atoms with Gasteiger partial charge in [0.15, 0.2) is 0 Å². The average molecular weight is 322 g/mol. The smallest absolute Gasteiger partial charge is 0.339 e. The van der Waals surface area contributed by atoms with Gasteiger partial charge in [0.2, 0.25) is 12.3 Å². The first-order valence-electron chi connectivity index (χ1n) is 6.76. The van der Waals surface area contributed by atoms with Crippen LogP contribution in [0.25, 0.3) is 0 Å². The van der Waals surface area contributed by atoms with Gasteiger partial charge in [-0.3, -0.25) is 9.59 Å². The number of ether oxygens (including phenoxy) is 1. The molecule has 1 aromatic carbocycles. The van der Waals surface area contributed by atoms with Gasteiger partial charge in [0.25, 0.3) is 0 Å². The molecule has 0 bridgehead atoms. The lowest BCUT2D eigenvalue weighted by atomic mass is 10.1. The molecule has 22 heavy (non-hydrogen) atoms. The fourth-order valence-electron chi connectivity index (χ4n) is 2.31. The van der Waals surface area contributed by atoms with E-state index in [1.165, 1.54) is 23.8 Å². The first kappa shape index (κ1) is 16.4. The van der Waals surface area contributed by atoms with Crippen molar-refractivity contribution in [2.75, 3.05) is 18.2 Å². The third-order valence-electron chi connectivity index (χ3n) is 3.56. The number of carbonyl (C=O) groups excluding carboxylic acids is 3. The second kappa shape index (κ2) is 6.39. The molecule has 1 aromatic rings. The number of hydrogen-bond donors (Lipinski definition) is 1. The van der Waals surface area contributed by atoms with Crippen LogP contribution in [0, 0.1) is 0 Å². The number of anilines is 1. The van der Waals surface area contributed by atoms with Gasteiger partial charge in [0.05, 0.1) is 23.2 Å². The molecule has 1 saturated heterocycles. The van der Waals surface area contributed by atoms with E-state index in [2.05, 4.69) is 5.32 Å². The van der Waals surface area contributed by atoms with Crippen LogP contribution >= 0.6 is 11.8 Å². The van der Waals surface area contributed by atoms with Crippen molar-refractivity contribution >= 4 is 35.7 Å². The van der Waals surface area contributed by atoms with Gasteiger partial charge in [-0.25, -0.2) is 4.79 Å². The minimum absolute atomic E-state index is 0.279. The molecule has 0 aromatic heterocycles. The Kier molecular flexibility index (Phi) is 4.75. The van der Waals surface area contributed by atoms with E-state index in [4.69, 9.17) is 4.74 Å². The summed E-state index contributed by atoms with van der Waals surface area (Å²) in [6.07, 6.45) is 0.691. The van der Waals surface area contributed by atoms with E-state index in [9.17, 15) is 14.4 Å². The summed E-state index contributed by atoms with van der Waals surface area (Å²) in [5.41, 5.74) is 0.654. The number of hydrogen-bond acceptors (Lipinski definition) is 5. The third kappa shape index (κ3) is 3.09. The van der Waals surface area contributed by atoms with Crippen molar-refractivity contribution in [2.24, 2.45) is 0 Å². The quantitative estimate of drug-likeness (QED) is 0.675. The van der Waals surface area contributed by atoms with E-state index in [1.54, 1.807) is 24.3 Å². The number of thioether (sulfide) groups is 1. The zero-order chi connectivity index (χ0) is 16.3. The van der Waals surface area contributed by atoms with Gasteiger partial charge >= 0.3 is 5.97 Å². The predicted molar refractivity (Wildman–Crippen MR) is 84.6 cm³/mol. The van der Waals surface area contributed by atoms with Crippen LogP contribution in [0.3, 0.4) is 0 Å². The van der Waals surface area contributed by atoms with E-state index < -0.39 is 16.9 Å². The molecule has 118 valence electrons. The summed E-state index contributed by atoms with van der Waals surface area (Å²) in [6.45, 7) is 3.78. The summed E-state index contributed by atoms with van der Waals surface area (Å²) in [4.78, 5) is 36.5. The van der Waals surface area contributed by atoms with E-state index in [0.717, 1.165) is 0 Å². The second-order valence-corrected chi connectivity index (χ2v) is 6.93.